The first-order valence-corrected chi connectivity index (χ1v) is 4.96. The van der Waals surface area contributed by atoms with Crippen molar-refractivity contribution in [3.05, 3.63) is 29.8 Å². The first-order chi connectivity index (χ1) is 7.13. The second-order valence-electron chi connectivity index (χ2n) is 3.28. The summed E-state index contributed by atoms with van der Waals surface area (Å²) >= 11 is 0. The van der Waals surface area contributed by atoms with E-state index in [0.29, 0.717) is 12.2 Å². The van der Waals surface area contributed by atoms with Gasteiger partial charge in [-0.05, 0) is 31.5 Å². The van der Waals surface area contributed by atoms with Crippen LogP contribution in [0.25, 0.3) is 0 Å². The maximum atomic E-state index is 11.2. The molecule has 2 amide bonds. The third-order valence-corrected chi connectivity index (χ3v) is 1.99. The summed E-state index contributed by atoms with van der Waals surface area (Å²) < 4.78 is 0. The first kappa shape index (κ1) is 11.5. The standard InChI is InChI=1S/C11H16N2O2/c1-3-12-11(15)13-10-6-4-9(5-7-10)8(2)14/h4-8,14H,3H2,1-2H3,(H2,12,13,15). The van der Waals surface area contributed by atoms with Crippen molar-refractivity contribution in [2.24, 2.45) is 0 Å². The lowest BCUT2D eigenvalue weighted by atomic mass is 10.1. The van der Waals surface area contributed by atoms with Crippen molar-refractivity contribution in [1.82, 2.24) is 5.32 Å². The summed E-state index contributed by atoms with van der Waals surface area (Å²) in [6.07, 6.45) is -0.483. The zero-order chi connectivity index (χ0) is 11.3. The highest BCUT2D eigenvalue weighted by molar-refractivity contribution is 5.89. The van der Waals surface area contributed by atoms with Crippen LogP contribution in [0.15, 0.2) is 24.3 Å². The fourth-order valence-corrected chi connectivity index (χ4v) is 1.18. The van der Waals surface area contributed by atoms with Crippen molar-refractivity contribution in [2.75, 3.05) is 11.9 Å². The van der Waals surface area contributed by atoms with Crippen LogP contribution in [0.1, 0.15) is 25.5 Å². The molecule has 4 nitrogen and oxygen atoms in total. The van der Waals surface area contributed by atoms with Crippen LogP contribution in [0.4, 0.5) is 10.5 Å². The number of anilines is 1. The summed E-state index contributed by atoms with van der Waals surface area (Å²) in [6.45, 7) is 4.15. The van der Waals surface area contributed by atoms with Crippen LogP contribution in [-0.4, -0.2) is 17.7 Å². The van der Waals surface area contributed by atoms with Gasteiger partial charge in [-0.3, -0.25) is 0 Å². The number of rotatable bonds is 3. The second kappa shape index (κ2) is 5.36. The Morgan fingerprint density at radius 3 is 2.47 bits per heavy atom. The van der Waals surface area contributed by atoms with E-state index in [1.165, 1.54) is 0 Å². The minimum absolute atomic E-state index is 0.220. The molecule has 0 saturated carbocycles. The van der Waals surface area contributed by atoms with Crippen LogP contribution < -0.4 is 10.6 Å². The van der Waals surface area contributed by atoms with E-state index < -0.39 is 6.10 Å². The summed E-state index contributed by atoms with van der Waals surface area (Å²) in [5.74, 6) is 0. The monoisotopic (exact) mass is 208 g/mol. The number of benzene rings is 1. The lowest BCUT2D eigenvalue weighted by Gasteiger charge is -2.08. The van der Waals surface area contributed by atoms with Crippen LogP contribution >= 0.6 is 0 Å². The Bertz CT molecular complexity index is 320. The van der Waals surface area contributed by atoms with E-state index in [0.717, 1.165) is 5.56 Å². The number of urea groups is 1. The number of aliphatic hydroxyl groups excluding tert-OH is 1. The zero-order valence-electron chi connectivity index (χ0n) is 8.95. The Balaban J connectivity index is 2.60. The Labute approximate surface area is 89.3 Å². The number of nitrogens with one attached hydrogen (secondary N) is 2. The number of carbonyl (C=O) groups excluding carboxylic acids is 1. The van der Waals surface area contributed by atoms with Gasteiger partial charge in [-0.1, -0.05) is 12.1 Å². The highest BCUT2D eigenvalue weighted by atomic mass is 16.3. The van der Waals surface area contributed by atoms with Crippen LogP contribution in [0.3, 0.4) is 0 Å². The van der Waals surface area contributed by atoms with E-state index in [2.05, 4.69) is 10.6 Å². The summed E-state index contributed by atoms with van der Waals surface area (Å²) in [6, 6.07) is 6.87. The van der Waals surface area contributed by atoms with Gasteiger partial charge in [0.2, 0.25) is 0 Å². The fourth-order valence-electron chi connectivity index (χ4n) is 1.18. The van der Waals surface area contributed by atoms with E-state index >= 15 is 0 Å². The number of amides is 2. The minimum Gasteiger partial charge on any atom is -0.389 e. The molecule has 1 aromatic rings. The fraction of sp³-hybridized carbons (Fsp3) is 0.364. The SMILES string of the molecule is CCNC(=O)Nc1ccc(C(C)O)cc1. The molecule has 15 heavy (non-hydrogen) atoms. The average molecular weight is 208 g/mol. The third-order valence-electron chi connectivity index (χ3n) is 1.99. The van der Waals surface area contributed by atoms with Gasteiger partial charge in [0, 0.05) is 12.2 Å². The van der Waals surface area contributed by atoms with Crippen molar-refractivity contribution in [2.45, 2.75) is 20.0 Å². The summed E-state index contributed by atoms with van der Waals surface area (Å²) in [7, 11) is 0. The summed E-state index contributed by atoms with van der Waals surface area (Å²) in [4.78, 5) is 11.2. The average Bonchev–Trinajstić information content (AvgIpc) is 2.18. The zero-order valence-corrected chi connectivity index (χ0v) is 8.95. The van der Waals surface area contributed by atoms with Crippen molar-refractivity contribution in [3.63, 3.8) is 0 Å². The van der Waals surface area contributed by atoms with Crippen molar-refractivity contribution in [1.29, 1.82) is 0 Å². The van der Waals surface area contributed by atoms with Crippen LogP contribution in [0, 0.1) is 0 Å². The number of carbonyl (C=O) groups is 1. The van der Waals surface area contributed by atoms with E-state index in [9.17, 15) is 9.90 Å². The van der Waals surface area contributed by atoms with Crippen LogP contribution in [-0.2, 0) is 0 Å². The normalized spacial score (nSPS) is 11.9. The number of hydrogen-bond acceptors (Lipinski definition) is 2. The summed E-state index contributed by atoms with van der Waals surface area (Å²) in [5.41, 5.74) is 1.54. The molecule has 1 atom stereocenters. The van der Waals surface area contributed by atoms with Crippen LogP contribution in [0.2, 0.25) is 0 Å². The molecule has 1 unspecified atom stereocenters. The largest absolute Gasteiger partial charge is 0.389 e. The molecule has 0 aromatic heterocycles. The molecule has 0 saturated heterocycles. The highest BCUT2D eigenvalue weighted by Gasteiger charge is 2.02. The molecule has 82 valence electrons. The first-order valence-electron chi connectivity index (χ1n) is 4.96. The van der Waals surface area contributed by atoms with Crippen LogP contribution in [0.5, 0.6) is 0 Å². The van der Waals surface area contributed by atoms with Crippen molar-refractivity contribution in [3.8, 4) is 0 Å². The molecule has 0 aliphatic rings. The molecule has 1 aromatic carbocycles. The molecule has 0 heterocycles. The molecule has 0 aliphatic carbocycles. The maximum Gasteiger partial charge on any atom is 0.319 e. The van der Waals surface area contributed by atoms with E-state index in [-0.39, 0.29) is 6.03 Å². The molecular weight excluding hydrogens is 192 g/mol. The van der Waals surface area contributed by atoms with Gasteiger partial charge in [0.1, 0.15) is 0 Å². The van der Waals surface area contributed by atoms with Crippen molar-refractivity contribution >= 4 is 11.7 Å². The molecule has 0 aliphatic heterocycles. The van der Waals surface area contributed by atoms with Crippen molar-refractivity contribution < 1.29 is 9.90 Å². The smallest absolute Gasteiger partial charge is 0.319 e. The van der Waals surface area contributed by atoms with Gasteiger partial charge in [-0.2, -0.15) is 0 Å². The predicted octanol–water partition coefficient (Wildman–Crippen LogP) is 1.88. The molecule has 0 spiro atoms. The van der Waals surface area contributed by atoms with Gasteiger partial charge < -0.3 is 15.7 Å². The molecule has 0 radical (unpaired) electrons. The Morgan fingerprint density at radius 1 is 1.40 bits per heavy atom. The number of hydrogen-bond donors (Lipinski definition) is 3. The minimum atomic E-state index is -0.483. The van der Waals surface area contributed by atoms with Gasteiger partial charge in [0.25, 0.3) is 0 Å². The molecule has 4 heteroatoms. The Morgan fingerprint density at radius 2 is 2.00 bits per heavy atom. The van der Waals surface area contributed by atoms with Gasteiger partial charge in [0.15, 0.2) is 0 Å². The lowest BCUT2D eigenvalue weighted by molar-refractivity contribution is 0.199. The molecule has 3 N–H and O–H groups in total. The number of aliphatic hydroxyl groups is 1. The van der Waals surface area contributed by atoms with E-state index in [1.54, 1.807) is 31.2 Å². The van der Waals surface area contributed by atoms with E-state index in [4.69, 9.17) is 0 Å². The van der Waals surface area contributed by atoms with Gasteiger partial charge in [-0.15, -0.1) is 0 Å². The van der Waals surface area contributed by atoms with Gasteiger partial charge in [-0.25, -0.2) is 4.79 Å². The molecule has 0 bridgehead atoms. The topological polar surface area (TPSA) is 61.4 Å². The molecular formula is C11H16N2O2. The van der Waals surface area contributed by atoms with E-state index in [1.807, 2.05) is 6.92 Å². The van der Waals surface area contributed by atoms with Gasteiger partial charge in [0.05, 0.1) is 6.10 Å². The third kappa shape index (κ3) is 3.59. The molecule has 1 rings (SSSR count). The maximum absolute atomic E-state index is 11.2. The predicted molar refractivity (Wildman–Crippen MR) is 59.8 cm³/mol. The Kier molecular flexibility index (Phi) is 4.12. The second-order valence-corrected chi connectivity index (χ2v) is 3.28. The highest BCUT2D eigenvalue weighted by Crippen LogP contribution is 2.15. The van der Waals surface area contributed by atoms with Gasteiger partial charge >= 0.3 is 6.03 Å². The summed E-state index contributed by atoms with van der Waals surface area (Å²) in [5, 5.41) is 14.6. The quantitative estimate of drug-likeness (QED) is 0.710. The Hall–Kier alpha value is -1.55. The lowest BCUT2D eigenvalue weighted by Crippen LogP contribution is -2.28. The molecule has 0 fully saturated rings.